The first-order chi connectivity index (χ1) is 13.0. The summed E-state index contributed by atoms with van der Waals surface area (Å²) in [6, 6.07) is 13.0. The van der Waals surface area contributed by atoms with Gasteiger partial charge in [0, 0.05) is 11.3 Å². The average Bonchev–Trinajstić information content (AvgIpc) is 2.99. The third-order valence-corrected chi connectivity index (χ3v) is 5.32. The molecule has 0 N–H and O–H groups in total. The number of hydrogen-bond acceptors (Lipinski definition) is 5. The summed E-state index contributed by atoms with van der Waals surface area (Å²) in [5, 5.41) is 5.02. The number of halogens is 1. The van der Waals surface area contributed by atoms with Crippen LogP contribution in [0.15, 0.2) is 63.0 Å². The standard InChI is InChI=1S/C20H16FN3O2S/c1-12-17(13(2)26-23-12)11-27-20-22-18-6-4-3-5-16(18)19(25)24(20)15-9-7-14(21)8-10-15/h3-10H,11H2,1-2H3. The maximum absolute atomic E-state index is 13.4. The van der Waals surface area contributed by atoms with Gasteiger partial charge in [-0.05, 0) is 50.2 Å². The van der Waals surface area contributed by atoms with Crippen LogP contribution >= 0.6 is 11.8 Å². The average molecular weight is 381 g/mol. The summed E-state index contributed by atoms with van der Waals surface area (Å²) in [6.45, 7) is 3.74. The highest BCUT2D eigenvalue weighted by Gasteiger charge is 2.16. The molecule has 0 atom stereocenters. The van der Waals surface area contributed by atoms with Crippen molar-refractivity contribution >= 4 is 22.7 Å². The Kier molecular flexibility index (Phi) is 4.53. The Hall–Kier alpha value is -2.93. The molecule has 7 heteroatoms. The van der Waals surface area contributed by atoms with E-state index >= 15 is 0 Å². The van der Waals surface area contributed by atoms with Crippen LogP contribution in [0.25, 0.3) is 16.6 Å². The van der Waals surface area contributed by atoms with E-state index in [9.17, 15) is 9.18 Å². The molecule has 0 fully saturated rings. The lowest BCUT2D eigenvalue weighted by molar-refractivity contribution is 0.392. The number of benzene rings is 2. The third-order valence-electron chi connectivity index (χ3n) is 4.36. The fourth-order valence-electron chi connectivity index (χ4n) is 2.87. The Morgan fingerprint density at radius 1 is 1.11 bits per heavy atom. The zero-order chi connectivity index (χ0) is 19.0. The van der Waals surface area contributed by atoms with E-state index in [2.05, 4.69) is 10.1 Å². The highest BCUT2D eigenvalue weighted by molar-refractivity contribution is 7.98. The number of nitrogens with zero attached hydrogens (tertiary/aromatic N) is 3. The van der Waals surface area contributed by atoms with Gasteiger partial charge in [0.05, 0.1) is 22.3 Å². The Morgan fingerprint density at radius 2 is 1.85 bits per heavy atom. The zero-order valence-electron chi connectivity index (χ0n) is 14.8. The van der Waals surface area contributed by atoms with E-state index in [-0.39, 0.29) is 11.4 Å². The molecule has 0 bridgehead atoms. The number of para-hydroxylation sites is 1. The van der Waals surface area contributed by atoms with Crippen LogP contribution in [0.3, 0.4) is 0 Å². The van der Waals surface area contributed by atoms with E-state index in [1.54, 1.807) is 24.3 Å². The molecule has 27 heavy (non-hydrogen) atoms. The second kappa shape index (κ2) is 7.00. The van der Waals surface area contributed by atoms with Crippen molar-refractivity contribution in [2.24, 2.45) is 0 Å². The third kappa shape index (κ3) is 3.26. The van der Waals surface area contributed by atoms with Crippen molar-refractivity contribution in [1.82, 2.24) is 14.7 Å². The van der Waals surface area contributed by atoms with Gasteiger partial charge >= 0.3 is 0 Å². The molecule has 0 spiro atoms. The van der Waals surface area contributed by atoms with E-state index in [1.165, 1.54) is 28.5 Å². The van der Waals surface area contributed by atoms with Crippen molar-refractivity contribution in [2.45, 2.75) is 24.8 Å². The van der Waals surface area contributed by atoms with Gasteiger partial charge in [-0.25, -0.2) is 9.37 Å². The van der Waals surface area contributed by atoms with Crippen molar-refractivity contribution in [3.05, 3.63) is 81.7 Å². The summed E-state index contributed by atoms with van der Waals surface area (Å²) < 4.78 is 20.1. The molecule has 0 aliphatic heterocycles. The van der Waals surface area contributed by atoms with Crippen LogP contribution in [0.5, 0.6) is 0 Å². The van der Waals surface area contributed by atoms with E-state index in [4.69, 9.17) is 4.52 Å². The molecular weight excluding hydrogens is 365 g/mol. The number of thioether (sulfide) groups is 1. The van der Waals surface area contributed by atoms with Crippen LogP contribution in [-0.2, 0) is 5.75 Å². The van der Waals surface area contributed by atoms with Gasteiger partial charge in [-0.2, -0.15) is 0 Å². The van der Waals surface area contributed by atoms with E-state index in [1.807, 2.05) is 26.0 Å². The quantitative estimate of drug-likeness (QED) is 0.387. The molecule has 2 heterocycles. The summed E-state index contributed by atoms with van der Waals surface area (Å²) in [5.41, 5.74) is 2.81. The van der Waals surface area contributed by atoms with Crippen LogP contribution < -0.4 is 5.56 Å². The minimum absolute atomic E-state index is 0.187. The van der Waals surface area contributed by atoms with Gasteiger partial charge in [0.2, 0.25) is 0 Å². The SMILES string of the molecule is Cc1noc(C)c1CSc1nc2ccccc2c(=O)n1-c1ccc(F)cc1. The lowest BCUT2D eigenvalue weighted by Crippen LogP contribution is -2.21. The lowest BCUT2D eigenvalue weighted by Gasteiger charge is -2.13. The van der Waals surface area contributed by atoms with Crippen molar-refractivity contribution in [1.29, 1.82) is 0 Å². The van der Waals surface area contributed by atoms with E-state index in [0.29, 0.717) is 27.5 Å². The van der Waals surface area contributed by atoms with Gasteiger partial charge in [0.25, 0.3) is 5.56 Å². The number of fused-ring (bicyclic) bond motifs is 1. The minimum atomic E-state index is -0.356. The Balaban J connectivity index is 1.86. The van der Waals surface area contributed by atoms with Gasteiger partial charge in [-0.15, -0.1) is 0 Å². The van der Waals surface area contributed by atoms with Crippen molar-refractivity contribution in [2.75, 3.05) is 0 Å². The fourth-order valence-corrected chi connectivity index (χ4v) is 4.04. The summed E-state index contributed by atoms with van der Waals surface area (Å²) >= 11 is 1.42. The highest BCUT2D eigenvalue weighted by atomic mass is 32.2. The first kappa shape index (κ1) is 17.5. The zero-order valence-corrected chi connectivity index (χ0v) is 15.6. The fraction of sp³-hybridized carbons (Fsp3) is 0.150. The summed E-state index contributed by atoms with van der Waals surface area (Å²) in [7, 11) is 0. The largest absolute Gasteiger partial charge is 0.361 e. The number of hydrogen-bond donors (Lipinski definition) is 0. The molecule has 0 amide bonds. The number of aromatic nitrogens is 3. The molecule has 5 nitrogen and oxygen atoms in total. The summed E-state index contributed by atoms with van der Waals surface area (Å²) in [4.78, 5) is 17.8. The molecule has 2 aromatic heterocycles. The topological polar surface area (TPSA) is 60.9 Å². The van der Waals surface area contributed by atoms with Gasteiger partial charge in [-0.1, -0.05) is 29.1 Å². The molecule has 0 aliphatic carbocycles. The van der Waals surface area contributed by atoms with Gasteiger partial charge < -0.3 is 4.52 Å². The van der Waals surface area contributed by atoms with Crippen molar-refractivity contribution in [3.63, 3.8) is 0 Å². The molecule has 0 saturated carbocycles. The van der Waals surface area contributed by atoms with E-state index < -0.39 is 0 Å². The number of rotatable bonds is 4. The molecule has 4 aromatic rings. The molecule has 2 aromatic carbocycles. The maximum atomic E-state index is 13.4. The number of aryl methyl sites for hydroxylation is 2. The van der Waals surface area contributed by atoms with Crippen LogP contribution in [0, 0.1) is 19.7 Å². The monoisotopic (exact) mass is 381 g/mol. The van der Waals surface area contributed by atoms with Crippen LogP contribution in [0.1, 0.15) is 17.0 Å². The van der Waals surface area contributed by atoms with Crippen LogP contribution in [-0.4, -0.2) is 14.7 Å². The van der Waals surface area contributed by atoms with E-state index in [0.717, 1.165) is 17.0 Å². The van der Waals surface area contributed by atoms with Crippen molar-refractivity contribution < 1.29 is 8.91 Å². The summed E-state index contributed by atoms with van der Waals surface area (Å²) in [6.07, 6.45) is 0. The highest BCUT2D eigenvalue weighted by Crippen LogP contribution is 2.27. The molecular formula is C20H16FN3O2S. The predicted octanol–water partition coefficient (Wildman–Crippen LogP) is 4.42. The molecule has 0 saturated heterocycles. The molecule has 0 radical (unpaired) electrons. The second-order valence-electron chi connectivity index (χ2n) is 6.12. The molecule has 4 rings (SSSR count). The second-order valence-corrected chi connectivity index (χ2v) is 7.06. The Bertz CT molecular complexity index is 1160. The van der Waals surface area contributed by atoms with Crippen LogP contribution in [0.2, 0.25) is 0 Å². The normalized spacial score (nSPS) is 11.2. The van der Waals surface area contributed by atoms with Gasteiger partial charge in [-0.3, -0.25) is 9.36 Å². The Morgan fingerprint density at radius 3 is 2.56 bits per heavy atom. The first-order valence-electron chi connectivity index (χ1n) is 8.37. The smallest absolute Gasteiger partial charge is 0.266 e. The predicted molar refractivity (Wildman–Crippen MR) is 103 cm³/mol. The first-order valence-corrected chi connectivity index (χ1v) is 9.35. The van der Waals surface area contributed by atoms with Gasteiger partial charge in [0.1, 0.15) is 11.6 Å². The van der Waals surface area contributed by atoms with Gasteiger partial charge in [0.15, 0.2) is 5.16 Å². The maximum Gasteiger partial charge on any atom is 0.266 e. The Labute approximate surface area is 158 Å². The summed E-state index contributed by atoms with van der Waals surface area (Å²) in [5.74, 6) is 0.953. The minimum Gasteiger partial charge on any atom is -0.361 e. The molecule has 0 aliphatic rings. The molecule has 0 unspecified atom stereocenters. The molecule has 136 valence electrons. The lowest BCUT2D eigenvalue weighted by atomic mass is 10.2. The van der Waals surface area contributed by atoms with Crippen molar-refractivity contribution in [3.8, 4) is 5.69 Å². The van der Waals surface area contributed by atoms with Crippen LogP contribution in [0.4, 0.5) is 4.39 Å².